The molecular weight excluding hydrogens is 318 g/mol. The van der Waals surface area contributed by atoms with Crippen molar-refractivity contribution in [2.24, 2.45) is 0 Å². The van der Waals surface area contributed by atoms with Crippen LogP contribution in [0.4, 0.5) is 5.69 Å². The van der Waals surface area contributed by atoms with Crippen LogP contribution in [0.3, 0.4) is 0 Å². The predicted octanol–water partition coefficient (Wildman–Crippen LogP) is 2.34. The third-order valence-electron chi connectivity index (χ3n) is 3.68. The van der Waals surface area contributed by atoms with Crippen LogP contribution in [0.5, 0.6) is 0 Å². The molecule has 1 aromatic heterocycles. The molecule has 0 bridgehead atoms. The first-order valence-electron chi connectivity index (χ1n) is 7.14. The number of nitrogens with zero attached hydrogens (tertiary/aromatic N) is 3. The summed E-state index contributed by atoms with van der Waals surface area (Å²) in [5, 5.41) is 10.7. The van der Waals surface area contributed by atoms with Crippen molar-refractivity contribution in [1.29, 1.82) is 0 Å². The Morgan fingerprint density at radius 2 is 1.91 bits per heavy atom. The van der Waals surface area contributed by atoms with E-state index in [1.165, 1.54) is 34.9 Å². The molecule has 120 valence electrons. The van der Waals surface area contributed by atoms with E-state index < -0.39 is 14.9 Å². The second-order valence-corrected chi connectivity index (χ2v) is 7.28. The molecule has 0 radical (unpaired) electrons. The van der Waals surface area contributed by atoms with Gasteiger partial charge in [0, 0.05) is 37.1 Å². The molecule has 0 spiro atoms. The van der Waals surface area contributed by atoms with Gasteiger partial charge >= 0.3 is 0 Å². The Balaban J connectivity index is 1.87. The lowest BCUT2D eigenvalue weighted by molar-refractivity contribution is -0.384. The summed E-state index contributed by atoms with van der Waals surface area (Å²) in [6.07, 6.45) is 4.51. The van der Waals surface area contributed by atoms with Crippen molar-refractivity contribution in [3.8, 4) is 0 Å². The summed E-state index contributed by atoms with van der Waals surface area (Å²) in [6.45, 7) is 0.194. The Labute approximate surface area is 133 Å². The monoisotopic (exact) mass is 333 g/mol. The molecule has 1 aliphatic carbocycles. The van der Waals surface area contributed by atoms with Gasteiger partial charge in [0.2, 0.25) is 10.0 Å². The second kappa shape index (κ2) is 6.05. The number of nitro groups is 1. The van der Waals surface area contributed by atoms with Crippen LogP contribution >= 0.6 is 0 Å². The fraction of sp³-hybridized carbons (Fsp3) is 0.267. The number of non-ortho nitro benzene ring substituents is 1. The number of sulfonamides is 1. The van der Waals surface area contributed by atoms with Gasteiger partial charge in [-0.1, -0.05) is 12.1 Å². The molecule has 23 heavy (non-hydrogen) atoms. The van der Waals surface area contributed by atoms with Crippen molar-refractivity contribution in [3.63, 3.8) is 0 Å². The Hall–Kier alpha value is -2.32. The fourth-order valence-electron chi connectivity index (χ4n) is 2.31. The summed E-state index contributed by atoms with van der Waals surface area (Å²) in [4.78, 5) is 14.2. The van der Waals surface area contributed by atoms with Crippen molar-refractivity contribution in [3.05, 3.63) is 64.5 Å². The number of nitro benzene ring substituents is 1. The number of benzene rings is 1. The molecule has 7 nitrogen and oxygen atoms in total. The standard InChI is InChI=1S/C15H15N3O4S/c19-18(20)14-5-3-12(4-6-14)11-17(13-7-8-13)23(21,22)15-2-1-9-16-10-15/h1-6,9-10,13H,7-8,11H2. The first-order chi connectivity index (χ1) is 11.0. The van der Waals surface area contributed by atoms with E-state index >= 15 is 0 Å². The van der Waals surface area contributed by atoms with E-state index in [1.54, 1.807) is 18.2 Å². The predicted molar refractivity (Wildman–Crippen MR) is 83.1 cm³/mol. The smallest absolute Gasteiger partial charge is 0.263 e. The van der Waals surface area contributed by atoms with E-state index in [1.807, 2.05) is 0 Å². The third kappa shape index (κ3) is 3.38. The van der Waals surface area contributed by atoms with Gasteiger partial charge in [-0.2, -0.15) is 4.31 Å². The molecule has 3 rings (SSSR count). The van der Waals surface area contributed by atoms with Gasteiger partial charge in [-0.15, -0.1) is 0 Å². The lowest BCUT2D eigenvalue weighted by Gasteiger charge is -2.21. The third-order valence-corrected chi connectivity index (χ3v) is 5.56. The zero-order valence-corrected chi connectivity index (χ0v) is 13.0. The highest BCUT2D eigenvalue weighted by molar-refractivity contribution is 7.89. The minimum atomic E-state index is -3.63. The minimum absolute atomic E-state index is 0.0122. The van der Waals surface area contributed by atoms with E-state index in [4.69, 9.17) is 0 Å². The normalized spacial score (nSPS) is 14.8. The Kier molecular flexibility index (Phi) is 4.10. The first kappa shape index (κ1) is 15.6. The van der Waals surface area contributed by atoms with E-state index in [9.17, 15) is 18.5 Å². The molecule has 2 aromatic rings. The maximum atomic E-state index is 12.8. The largest absolute Gasteiger partial charge is 0.269 e. The quantitative estimate of drug-likeness (QED) is 0.597. The summed E-state index contributed by atoms with van der Waals surface area (Å²) in [5.74, 6) is 0. The molecule has 0 N–H and O–H groups in total. The molecule has 0 amide bonds. The molecular formula is C15H15N3O4S. The summed E-state index contributed by atoms with van der Waals surface area (Å²) >= 11 is 0. The second-order valence-electron chi connectivity index (χ2n) is 5.39. The van der Waals surface area contributed by atoms with Gasteiger partial charge in [-0.3, -0.25) is 15.1 Å². The van der Waals surface area contributed by atoms with Crippen LogP contribution in [0.1, 0.15) is 18.4 Å². The van der Waals surface area contributed by atoms with E-state index in [2.05, 4.69) is 4.98 Å². The molecule has 1 fully saturated rings. The first-order valence-corrected chi connectivity index (χ1v) is 8.58. The van der Waals surface area contributed by atoms with E-state index in [0.717, 1.165) is 18.4 Å². The van der Waals surface area contributed by atoms with Crippen LogP contribution in [0.2, 0.25) is 0 Å². The summed E-state index contributed by atoms with van der Waals surface area (Å²) < 4.78 is 27.0. The van der Waals surface area contributed by atoms with Crippen LogP contribution in [0.15, 0.2) is 53.7 Å². The Morgan fingerprint density at radius 1 is 1.22 bits per heavy atom. The molecule has 0 saturated heterocycles. The summed E-state index contributed by atoms with van der Waals surface area (Å²) in [7, 11) is -3.63. The zero-order valence-electron chi connectivity index (χ0n) is 12.2. The molecule has 1 heterocycles. The molecule has 0 atom stereocenters. The minimum Gasteiger partial charge on any atom is -0.263 e. The number of aromatic nitrogens is 1. The van der Waals surface area contributed by atoms with Crippen molar-refractivity contribution in [2.45, 2.75) is 30.3 Å². The topological polar surface area (TPSA) is 93.4 Å². The van der Waals surface area contributed by atoms with Crippen molar-refractivity contribution < 1.29 is 13.3 Å². The SMILES string of the molecule is O=[N+]([O-])c1ccc(CN(C2CC2)S(=O)(=O)c2cccnc2)cc1. The van der Waals surface area contributed by atoms with Crippen LogP contribution in [0.25, 0.3) is 0 Å². The lowest BCUT2D eigenvalue weighted by Crippen LogP contribution is -2.32. The van der Waals surface area contributed by atoms with Crippen LogP contribution in [-0.4, -0.2) is 28.7 Å². The molecule has 0 aliphatic heterocycles. The molecule has 1 saturated carbocycles. The van der Waals surface area contributed by atoms with Crippen molar-refractivity contribution >= 4 is 15.7 Å². The van der Waals surface area contributed by atoms with Crippen molar-refractivity contribution in [1.82, 2.24) is 9.29 Å². The van der Waals surface area contributed by atoms with Gasteiger partial charge in [0.25, 0.3) is 5.69 Å². The molecule has 1 aromatic carbocycles. The van der Waals surface area contributed by atoms with E-state index in [-0.39, 0.29) is 23.2 Å². The summed E-state index contributed by atoms with van der Waals surface area (Å²) in [6, 6.07) is 9.04. The maximum Gasteiger partial charge on any atom is 0.269 e. The number of hydrogen-bond acceptors (Lipinski definition) is 5. The van der Waals surface area contributed by atoms with Gasteiger partial charge in [0.1, 0.15) is 4.90 Å². The van der Waals surface area contributed by atoms with Gasteiger partial charge in [-0.25, -0.2) is 8.42 Å². The lowest BCUT2D eigenvalue weighted by atomic mass is 10.2. The molecule has 8 heteroatoms. The van der Waals surface area contributed by atoms with E-state index in [0.29, 0.717) is 0 Å². The number of hydrogen-bond donors (Lipinski definition) is 0. The Bertz CT molecular complexity index is 802. The summed E-state index contributed by atoms with van der Waals surface area (Å²) in [5.41, 5.74) is 0.705. The Morgan fingerprint density at radius 3 is 2.43 bits per heavy atom. The highest BCUT2D eigenvalue weighted by atomic mass is 32.2. The van der Waals surface area contributed by atoms with Gasteiger partial charge in [-0.05, 0) is 30.5 Å². The maximum absolute atomic E-state index is 12.8. The highest BCUT2D eigenvalue weighted by Crippen LogP contribution is 2.33. The molecule has 1 aliphatic rings. The van der Waals surface area contributed by atoms with Crippen molar-refractivity contribution in [2.75, 3.05) is 0 Å². The van der Waals surface area contributed by atoms with Crippen LogP contribution < -0.4 is 0 Å². The zero-order chi connectivity index (χ0) is 16.4. The van der Waals surface area contributed by atoms with Gasteiger partial charge in [0.05, 0.1) is 4.92 Å². The van der Waals surface area contributed by atoms with Gasteiger partial charge in [0.15, 0.2) is 0 Å². The van der Waals surface area contributed by atoms with Crippen LogP contribution in [0, 0.1) is 10.1 Å². The number of rotatable bonds is 6. The van der Waals surface area contributed by atoms with Crippen LogP contribution in [-0.2, 0) is 16.6 Å². The fourth-order valence-corrected chi connectivity index (χ4v) is 3.95. The molecule has 0 unspecified atom stereocenters. The average Bonchev–Trinajstić information content (AvgIpc) is 3.38. The highest BCUT2D eigenvalue weighted by Gasteiger charge is 2.38. The average molecular weight is 333 g/mol. The van der Waals surface area contributed by atoms with Gasteiger partial charge < -0.3 is 0 Å². The number of pyridine rings is 1.